The lowest BCUT2D eigenvalue weighted by atomic mass is 10.2. The molecule has 0 radical (unpaired) electrons. The van der Waals surface area contributed by atoms with E-state index < -0.39 is 0 Å². The van der Waals surface area contributed by atoms with Crippen molar-refractivity contribution in [2.24, 2.45) is 0 Å². The molecule has 0 aliphatic heterocycles. The van der Waals surface area contributed by atoms with Crippen LogP contribution in [-0.2, 0) is 13.1 Å². The summed E-state index contributed by atoms with van der Waals surface area (Å²) in [7, 11) is 1.80. The molecular weight excluding hydrogens is 358 g/mol. The average molecular weight is 384 g/mol. The molecule has 6 nitrogen and oxygen atoms in total. The Morgan fingerprint density at radius 1 is 1.26 bits per heavy atom. The Morgan fingerprint density at radius 2 is 2.00 bits per heavy atom. The molecule has 2 heterocycles. The van der Waals surface area contributed by atoms with E-state index in [1.165, 1.54) is 5.56 Å². The summed E-state index contributed by atoms with van der Waals surface area (Å²) in [6.45, 7) is 7.19. The van der Waals surface area contributed by atoms with Gasteiger partial charge in [-0.1, -0.05) is 30.3 Å². The minimum absolute atomic E-state index is 0.0734. The van der Waals surface area contributed by atoms with Crippen molar-refractivity contribution in [3.8, 4) is 0 Å². The fourth-order valence-electron chi connectivity index (χ4n) is 2.95. The van der Waals surface area contributed by atoms with Gasteiger partial charge in [0.2, 0.25) is 0 Å². The number of aromatic nitrogens is 3. The van der Waals surface area contributed by atoms with Gasteiger partial charge in [-0.05, 0) is 26.3 Å². The van der Waals surface area contributed by atoms with Crippen molar-refractivity contribution >= 4 is 17.4 Å². The molecule has 27 heavy (non-hydrogen) atoms. The predicted molar refractivity (Wildman–Crippen MR) is 108 cm³/mol. The zero-order valence-corrected chi connectivity index (χ0v) is 17.0. The summed E-state index contributed by atoms with van der Waals surface area (Å²) in [5, 5.41) is 8.36. The molecule has 1 aromatic carbocycles. The van der Waals surface area contributed by atoms with Gasteiger partial charge in [-0.3, -0.25) is 4.68 Å². The average Bonchev–Trinajstić information content (AvgIpc) is 3.24. The molecule has 1 N–H and O–H groups in total. The summed E-state index contributed by atoms with van der Waals surface area (Å²) in [5.41, 5.74) is 3.13. The number of carbonyl (C=O) groups is 1. The molecule has 0 fully saturated rings. The third-order valence-corrected chi connectivity index (χ3v) is 5.46. The van der Waals surface area contributed by atoms with E-state index in [-0.39, 0.29) is 12.1 Å². The third kappa shape index (κ3) is 4.74. The van der Waals surface area contributed by atoms with E-state index in [4.69, 9.17) is 0 Å². The lowest BCUT2D eigenvalue weighted by Crippen LogP contribution is -2.38. The maximum absolute atomic E-state index is 12.5. The van der Waals surface area contributed by atoms with Crippen LogP contribution in [0.3, 0.4) is 0 Å². The Morgan fingerprint density at radius 3 is 2.67 bits per heavy atom. The van der Waals surface area contributed by atoms with Crippen molar-refractivity contribution in [3.63, 3.8) is 0 Å². The smallest absolute Gasteiger partial charge is 0.317 e. The molecule has 0 aliphatic carbocycles. The van der Waals surface area contributed by atoms with E-state index in [9.17, 15) is 4.79 Å². The quantitative estimate of drug-likeness (QED) is 0.702. The van der Waals surface area contributed by atoms with Crippen molar-refractivity contribution in [3.05, 3.63) is 69.4 Å². The lowest BCUT2D eigenvalue weighted by Gasteiger charge is -2.24. The van der Waals surface area contributed by atoms with Gasteiger partial charge in [-0.2, -0.15) is 5.10 Å². The van der Waals surface area contributed by atoms with Crippen molar-refractivity contribution in [1.29, 1.82) is 0 Å². The summed E-state index contributed by atoms with van der Waals surface area (Å²) in [6.07, 6.45) is 3.76. The molecule has 3 aromatic rings. The van der Waals surface area contributed by atoms with Crippen LogP contribution < -0.4 is 5.32 Å². The summed E-state index contributed by atoms with van der Waals surface area (Å²) in [4.78, 5) is 19.9. The molecular formula is C20H25N5OS. The predicted octanol–water partition coefficient (Wildman–Crippen LogP) is 3.91. The first kappa shape index (κ1) is 19.1. The first-order chi connectivity index (χ1) is 12.9. The summed E-state index contributed by atoms with van der Waals surface area (Å²) >= 11 is 1.66. The molecule has 142 valence electrons. The number of urea groups is 1. The standard InChI is InChI=1S/C20H25N5OS/c1-14(19-15(2)27-16(3)23-19)24(4)20(26)21-10-18-11-22-25(13-18)12-17-8-6-5-7-9-17/h5-9,11,13-14H,10,12H2,1-4H3,(H,21,26)/t14-/m0/s1. The van der Waals surface area contributed by atoms with Crippen LogP contribution in [0.5, 0.6) is 0 Å². The number of benzene rings is 1. The second-order valence-electron chi connectivity index (χ2n) is 6.65. The minimum atomic E-state index is -0.122. The SMILES string of the molecule is Cc1nc([C@H](C)N(C)C(=O)NCc2cnn(Cc3ccccc3)c2)c(C)s1. The van der Waals surface area contributed by atoms with E-state index in [0.717, 1.165) is 21.1 Å². The van der Waals surface area contributed by atoms with Crippen LogP contribution in [0.1, 0.15) is 39.7 Å². The van der Waals surface area contributed by atoms with Crippen molar-refractivity contribution in [2.75, 3.05) is 7.05 Å². The molecule has 7 heteroatoms. The number of amides is 2. The molecule has 0 saturated heterocycles. The van der Waals surface area contributed by atoms with Crippen molar-refractivity contribution in [1.82, 2.24) is 25.0 Å². The van der Waals surface area contributed by atoms with Crippen LogP contribution in [0.4, 0.5) is 4.79 Å². The third-order valence-electron chi connectivity index (χ3n) is 4.55. The van der Waals surface area contributed by atoms with Crippen molar-refractivity contribution in [2.45, 2.75) is 39.9 Å². The number of aryl methyl sites for hydroxylation is 2. The number of thiazole rings is 1. The first-order valence-electron chi connectivity index (χ1n) is 8.94. The second-order valence-corrected chi connectivity index (χ2v) is 8.06. The summed E-state index contributed by atoms with van der Waals surface area (Å²) in [6, 6.07) is 9.98. The van der Waals surface area contributed by atoms with Crippen molar-refractivity contribution < 1.29 is 4.79 Å². The first-order valence-corrected chi connectivity index (χ1v) is 9.75. The fourth-order valence-corrected chi connectivity index (χ4v) is 3.86. The van der Waals surface area contributed by atoms with Gasteiger partial charge in [-0.15, -0.1) is 11.3 Å². The van der Waals surface area contributed by atoms with Gasteiger partial charge < -0.3 is 10.2 Å². The Labute approximate surface area is 163 Å². The van der Waals surface area contributed by atoms with Crippen LogP contribution in [0.15, 0.2) is 42.7 Å². The lowest BCUT2D eigenvalue weighted by molar-refractivity contribution is 0.193. The molecule has 2 amide bonds. The number of carbonyl (C=O) groups excluding carboxylic acids is 1. The van der Waals surface area contributed by atoms with Crippen LogP contribution in [0.2, 0.25) is 0 Å². The molecule has 0 spiro atoms. The van der Waals surface area contributed by atoms with Crippen LogP contribution in [0.25, 0.3) is 0 Å². The van der Waals surface area contributed by atoms with E-state index in [2.05, 4.69) is 27.5 Å². The maximum atomic E-state index is 12.5. The Bertz CT molecular complexity index is 902. The van der Waals surface area contributed by atoms with Crippen LogP contribution >= 0.6 is 11.3 Å². The minimum Gasteiger partial charge on any atom is -0.334 e. The van der Waals surface area contributed by atoms with Gasteiger partial charge in [0.1, 0.15) is 0 Å². The fraction of sp³-hybridized carbons (Fsp3) is 0.350. The normalized spacial score (nSPS) is 12.0. The van der Waals surface area contributed by atoms with E-state index >= 15 is 0 Å². The molecule has 3 rings (SSSR count). The largest absolute Gasteiger partial charge is 0.334 e. The Hall–Kier alpha value is -2.67. The highest BCUT2D eigenvalue weighted by Crippen LogP contribution is 2.25. The zero-order chi connectivity index (χ0) is 19.4. The van der Waals surface area contributed by atoms with Gasteiger partial charge in [-0.25, -0.2) is 9.78 Å². The highest BCUT2D eigenvalue weighted by atomic mass is 32.1. The van der Waals surface area contributed by atoms with E-state index in [1.807, 2.05) is 49.8 Å². The highest BCUT2D eigenvalue weighted by molar-refractivity contribution is 7.11. The monoisotopic (exact) mass is 383 g/mol. The van der Waals surface area contributed by atoms with E-state index in [0.29, 0.717) is 13.1 Å². The molecule has 0 unspecified atom stereocenters. The van der Waals surface area contributed by atoms with Crippen LogP contribution in [-0.4, -0.2) is 32.7 Å². The van der Waals surface area contributed by atoms with Gasteiger partial charge >= 0.3 is 6.03 Å². The molecule has 1 atom stereocenters. The number of nitrogens with one attached hydrogen (secondary N) is 1. The maximum Gasteiger partial charge on any atom is 0.317 e. The van der Waals surface area contributed by atoms with Gasteiger partial charge in [0.05, 0.1) is 29.5 Å². The Balaban J connectivity index is 1.55. The molecule has 0 saturated carbocycles. The summed E-state index contributed by atoms with van der Waals surface area (Å²) < 4.78 is 1.88. The topological polar surface area (TPSA) is 63.1 Å². The number of hydrogen-bond donors (Lipinski definition) is 1. The van der Waals surface area contributed by atoms with E-state index in [1.54, 1.807) is 29.5 Å². The second kappa shape index (κ2) is 8.35. The zero-order valence-electron chi connectivity index (χ0n) is 16.1. The number of nitrogens with zero attached hydrogens (tertiary/aromatic N) is 4. The van der Waals surface area contributed by atoms with Gasteiger partial charge in [0.25, 0.3) is 0 Å². The highest BCUT2D eigenvalue weighted by Gasteiger charge is 2.21. The summed E-state index contributed by atoms with van der Waals surface area (Å²) in [5.74, 6) is 0. The number of hydrogen-bond acceptors (Lipinski definition) is 4. The molecule has 0 aliphatic rings. The van der Waals surface area contributed by atoms with Gasteiger partial charge in [0, 0.05) is 30.2 Å². The van der Waals surface area contributed by atoms with Gasteiger partial charge in [0.15, 0.2) is 0 Å². The molecule has 0 bridgehead atoms. The van der Waals surface area contributed by atoms with Crippen LogP contribution in [0, 0.1) is 13.8 Å². The molecule has 2 aromatic heterocycles. The Kier molecular flexibility index (Phi) is 5.91. The number of rotatable bonds is 6.